The van der Waals surface area contributed by atoms with Crippen LogP contribution < -0.4 is 15.0 Å². The lowest BCUT2D eigenvalue weighted by molar-refractivity contribution is -0.194. The average molecular weight is 470 g/mol. The SMILES string of the molecule is CCCC(=O)Nc1nn(OCOCC[Si](C)(C)C)c2cc(-c3ccc4c(c3)COO4)ccc12. The number of nitrogens with zero attached hydrogens (tertiary/aromatic N) is 2. The molecule has 0 spiro atoms. The minimum Gasteiger partial charge on any atom is -0.367 e. The molecule has 3 aromatic rings. The standard InChI is InChI=1S/C24H31N3O5Si/c1-5-6-23(28)25-24-20-9-7-18(17-8-10-22-19(13-17)15-31-32-22)14-21(20)27(26-24)30-16-29-11-12-33(2,3)4/h7-10,13-14H,5-6,11-12,15-16H2,1-4H3,(H,25,26,28). The summed E-state index contributed by atoms with van der Waals surface area (Å²) in [5.74, 6) is 1.15. The number of carbonyl (C=O) groups excluding carboxylic acids is 1. The van der Waals surface area contributed by atoms with Gasteiger partial charge in [-0.2, -0.15) is 4.89 Å². The second-order valence-corrected chi connectivity index (χ2v) is 15.0. The van der Waals surface area contributed by atoms with E-state index < -0.39 is 8.07 Å². The van der Waals surface area contributed by atoms with Gasteiger partial charge in [-0.05, 0) is 47.9 Å². The zero-order valence-electron chi connectivity index (χ0n) is 19.6. The molecule has 4 rings (SSSR count). The van der Waals surface area contributed by atoms with Crippen LogP contribution in [0.4, 0.5) is 5.82 Å². The number of carbonyl (C=O) groups is 1. The number of aromatic nitrogens is 2. The van der Waals surface area contributed by atoms with Crippen molar-refractivity contribution in [2.75, 3.05) is 18.7 Å². The highest BCUT2D eigenvalue weighted by Gasteiger charge is 2.18. The van der Waals surface area contributed by atoms with Gasteiger partial charge in [-0.25, -0.2) is 0 Å². The molecule has 8 nitrogen and oxygen atoms in total. The van der Waals surface area contributed by atoms with Gasteiger partial charge in [0.05, 0.1) is 0 Å². The monoisotopic (exact) mass is 469 g/mol. The van der Waals surface area contributed by atoms with Crippen molar-refractivity contribution in [3.63, 3.8) is 0 Å². The predicted octanol–water partition coefficient (Wildman–Crippen LogP) is 5.01. The van der Waals surface area contributed by atoms with E-state index in [1.165, 1.54) is 4.85 Å². The Labute approximate surface area is 194 Å². The van der Waals surface area contributed by atoms with E-state index in [0.29, 0.717) is 25.5 Å². The van der Waals surface area contributed by atoms with Gasteiger partial charge in [-0.1, -0.05) is 43.5 Å². The van der Waals surface area contributed by atoms with Crippen molar-refractivity contribution in [2.45, 2.75) is 52.1 Å². The fraction of sp³-hybridized carbons (Fsp3) is 0.417. The van der Waals surface area contributed by atoms with Crippen molar-refractivity contribution < 1.29 is 24.1 Å². The highest BCUT2D eigenvalue weighted by Crippen LogP contribution is 2.33. The molecule has 2 heterocycles. The largest absolute Gasteiger partial charge is 0.367 e. The summed E-state index contributed by atoms with van der Waals surface area (Å²) >= 11 is 0. The van der Waals surface area contributed by atoms with Crippen molar-refractivity contribution in [3.8, 4) is 16.9 Å². The van der Waals surface area contributed by atoms with Gasteiger partial charge in [-0.15, -0.1) is 5.10 Å². The molecule has 0 unspecified atom stereocenters. The Balaban J connectivity index is 1.59. The van der Waals surface area contributed by atoms with Crippen molar-refractivity contribution >= 4 is 30.7 Å². The van der Waals surface area contributed by atoms with E-state index in [4.69, 9.17) is 19.3 Å². The highest BCUT2D eigenvalue weighted by atomic mass is 28.3. The van der Waals surface area contributed by atoms with Crippen LogP contribution in [0.2, 0.25) is 25.7 Å². The topological polar surface area (TPSA) is 83.8 Å². The summed E-state index contributed by atoms with van der Waals surface area (Å²) in [5.41, 5.74) is 3.77. The second kappa shape index (κ2) is 9.94. The van der Waals surface area contributed by atoms with Gasteiger partial charge in [0.1, 0.15) is 12.1 Å². The quantitative estimate of drug-likeness (QED) is 0.195. The van der Waals surface area contributed by atoms with Gasteiger partial charge in [0, 0.05) is 32.1 Å². The molecular formula is C24H31N3O5Si. The van der Waals surface area contributed by atoms with Crippen LogP contribution in [-0.2, 0) is 21.0 Å². The van der Waals surface area contributed by atoms with Crippen LogP contribution in [0, 0.1) is 0 Å². The molecule has 1 aliphatic rings. The lowest BCUT2D eigenvalue weighted by Gasteiger charge is -2.15. The van der Waals surface area contributed by atoms with E-state index in [-0.39, 0.29) is 12.7 Å². The maximum absolute atomic E-state index is 12.2. The van der Waals surface area contributed by atoms with Crippen LogP contribution >= 0.6 is 0 Å². The van der Waals surface area contributed by atoms with Crippen molar-refractivity contribution in [3.05, 3.63) is 42.0 Å². The van der Waals surface area contributed by atoms with E-state index in [0.717, 1.165) is 45.8 Å². The van der Waals surface area contributed by atoms with E-state index in [1.54, 1.807) is 0 Å². The minimum atomic E-state index is -1.17. The summed E-state index contributed by atoms with van der Waals surface area (Å²) in [6.07, 6.45) is 1.20. The first kappa shape index (κ1) is 23.3. The Morgan fingerprint density at radius 3 is 2.76 bits per heavy atom. The summed E-state index contributed by atoms with van der Waals surface area (Å²) < 4.78 is 5.69. The number of nitrogens with one attached hydrogen (secondary N) is 1. The van der Waals surface area contributed by atoms with Gasteiger partial charge in [-0.3, -0.25) is 4.79 Å². The fourth-order valence-electron chi connectivity index (χ4n) is 3.51. The molecule has 0 aliphatic carbocycles. The third kappa shape index (κ3) is 5.73. The van der Waals surface area contributed by atoms with Gasteiger partial charge in [0.2, 0.25) is 12.7 Å². The number of rotatable bonds is 10. The molecule has 0 saturated heterocycles. The molecule has 1 aliphatic heterocycles. The first-order valence-corrected chi connectivity index (χ1v) is 15.0. The number of hydrogen-bond acceptors (Lipinski definition) is 6. The summed E-state index contributed by atoms with van der Waals surface area (Å²) in [6, 6.07) is 13.0. The molecule has 1 N–H and O–H groups in total. The highest BCUT2D eigenvalue weighted by molar-refractivity contribution is 6.76. The summed E-state index contributed by atoms with van der Waals surface area (Å²) in [7, 11) is -1.17. The van der Waals surface area contributed by atoms with Crippen LogP contribution in [-0.4, -0.2) is 37.3 Å². The number of anilines is 1. The van der Waals surface area contributed by atoms with Crippen molar-refractivity contribution in [1.82, 2.24) is 9.94 Å². The summed E-state index contributed by atoms with van der Waals surface area (Å²) in [4.78, 5) is 29.7. The van der Waals surface area contributed by atoms with Crippen molar-refractivity contribution in [2.24, 2.45) is 0 Å². The first-order chi connectivity index (χ1) is 15.8. The van der Waals surface area contributed by atoms with Crippen LogP contribution in [0.5, 0.6) is 5.75 Å². The predicted molar refractivity (Wildman–Crippen MR) is 130 cm³/mol. The van der Waals surface area contributed by atoms with Crippen molar-refractivity contribution in [1.29, 1.82) is 0 Å². The summed E-state index contributed by atoms with van der Waals surface area (Å²) in [5, 5.41) is 8.21. The second-order valence-electron chi connectivity index (χ2n) is 9.39. The Morgan fingerprint density at radius 2 is 1.97 bits per heavy atom. The minimum absolute atomic E-state index is 0.0712. The molecule has 2 aromatic carbocycles. The molecule has 1 aromatic heterocycles. The number of benzene rings is 2. The number of hydrogen-bond donors (Lipinski definition) is 1. The van der Waals surface area contributed by atoms with E-state index in [1.807, 2.05) is 37.3 Å². The molecule has 0 radical (unpaired) electrons. The number of ether oxygens (including phenoxy) is 1. The van der Waals surface area contributed by atoms with E-state index >= 15 is 0 Å². The molecule has 0 fully saturated rings. The molecule has 33 heavy (non-hydrogen) atoms. The normalized spacial score (nSPS) is 13.1. The zero-order valence-corrected chi connectivity index (χ0v) is 20.6. The molecule has 176 valence electrons. The average Bonchev–Trinajstić information content (AvgIpc) is 3.37. The van der Waals surface area contributed by atoms with Gasteiger partial charge < -0.3 is 19.8 Å². The Bertz CT molecular complexity index is 1140. The Hall–Kier alpha value is -2.88. The van der Waals surface area contributed by atoms with Gasteiger partial charge >= 0.3 is 0 Å². The summed E-state index contributed by atoms with van der Waals surface area (Å²) in [6.45, 7) is 10.1. The van der Waals surface area contributed by atoms with E-state index in [2.05, 4.69) is 36.1 Å². The van der Waals surface area contributed by atoms with Crippen LogP contribution in [0.3, 0.4) is 0 Å². The smallest absolute Gasteiger partial charge is 0.225 e. The van der Waals surface area contributed by atoms with Crippen LogP contribution in [0.15, 0.2) is 36.4 Å². The van der Waals surface area contributed by atoms with Gasteiger partial charge in [0.25, 0.3) is 0 Å². The maximum atomic E-state index is 12.2. The molecule has 0 saturated carbocycles. The number of fused-ring (bicyclic) bond motifs is 2. The Kier molecular flexibility index (Phi) is 7.01. The maximum Gasteiger partial charge on any atom is 0.225 e. The molecule has 9 heteroatoms. The molecule has 0 atom stereocenters. The molecule has 1 amide bonds. The number of amides is 1. The third-order valence-corrected chi connectivity index (χ3v) is 7.10. The van der Waals surface area contributed by atoms with Crippen LogP contribution in [0.1, 0.15) is 25.3 Å². The zero-order chi connectivity index (χ0) is 23.4. The van der Waals surface area contributed by atoms with Crippen LogP contribution in [0.25, 0.3) is 22.0 Å². The lowest BCUT2D eigenvalue weighted by atomic mass is 10.0. The third-order valence-electron chi connectivity index (χ3n) is 5.40. The fourth-order valence-corrected chi connectivity index (χ4v) is 4.27. The molecule has 0 bridgehead atoms. The molecular weight excluding hydrogens is 438 g/mol. The van der Waals surface area contributed by atoms with E-state index in [9.17, 15) is 4.79 Å². The first-order valence-electron chi connectivity index (χ1n) is 11.3. The van der Waals surface area contributed by atoms with Gasteiger partial charge in [0.15, 0.2) is 11.6 Å². The lowest BCUT2D eigenvalue weighted by Crippen LogP contribution is -2.23. The Morgan fingerprint density at radius 1 is 1.18 bits per heavy atom.